The molecule has 3 aromatic rings. The Labute approximate surface area is 224 Å². The normalized spacial score (nSPS) is 20.8. The van der Waals surface area contributed by atoms with Crippen LogP contribution in [0.3, 0.4) is 0 Å². The quantitative estimate of drug-likeness (QED) is 0.290. The SMILES string of the molecule is C=C(C=O)c1ccc2c(c1)C(c1ccnc(Nc3cc(N)c(N4CCN(C)CC4)cc3C)n1)C1CCCN21. The Balaban J connectivity index is 1.29. The van der Waals surface area contributed by atoms with Crippen molar-refractivity contribution in [2.24, 2.45) is 0 Å². The number of carbonyl (C=O) groups excluding carboxylic acids is 1. The largest absolute Gasteiger partial charge is 0.397 e. The average Bonchev–Trinajstić information content (AvgIpc) is 3.51. The zero-order valence-electron chi connectivity index (χ0n) is 22.2. The van der Waals surface area contributed by atoms with E-state index in [1.165, 1.54) is 11.3 Å². The zero-order chi connectivity index (χ0) is 26.4. The van der Waals surface area contributed by atoms with Crippen molar-refractivity contribution in [3.8, 4) is 0 Å². The molecule has 2 fully saturated rings. The third-order valence-corrected chi connectivity index (χ3v) is 8.33. The number of nitrogen functional groups attached to an aromatic ring is 1. The summed E-state index contributed by atoms with van der Waals surface area (Å²) in [6.07, 6.45) is 4.92. The van der Waals surface area contributed by atoms with Crippen molar-refractivity contribution in [3.05, 3.63) is 71.6 Å². The Kier molecular flexibility index (Phi) is 6.27. The number of nitrogens with zero attached hydrogens (tertiary/aromatic N) is 5. The molecule has 0 spiro atoms. The molecule has 2 unspecified atom stereocenters. The molecule has 0 bridgehead atoms. The van der Waals surface area contributed by atoms with Gasteiger partial charge in [-0.3, -0.25) is 4.79 Å². The van der Waals surface area contributed by atoms with Gasteiger partial charge >= 0.3 is 0 Å². The van der Waals surface area contributed by atoms with Crippen LogP contribution in [0.15, 0.2) is 49.2 Å². The number of hydrogen-bond acceptors (Lipinski definition) is 8. The molecule has 3 aliphatic rings. The van der Waals surface area contributed by atoms with E-state index in [0.29, 0.717) is 17.6 Å². The molecule has 2 atom stereocenters. The number of nitrogens with two attached hydrogens (primary N) is 1. The molecule has 2 aromatic carbocycles. The smallest absolute Gasteiger partial charge is 0.227 e. The van der Waals surface area contributed by atoms with Gasteiger partial charge in [-0.1, -0.05) is 12.6 Å². The molecule has 0 aliphatic carbocycles. The zero-order valence-corrected chi connectivity index (χ0v) is 22.2. The van der Waals surface area contributed by atoms with Gasteiger partial charge in [0.25, 0.3) is 0 Å². The Morgan fingerprint density at radius 3 is 2.71 bits per heavy atom. The van der Waals surface area contributed by atoms with Crippen LogP contribution in [0.25, 0.3) is 5.57 Å². The topological polar surface area (TPSA) is 90.6 Å². The summed E-state index contributed by atoms with van der Waals surface area (Å²) in [6, 6.07) is 12.8. The van der Waals surface area contributed by atoms with Crippen LogP contribution in [-0.2, 0) is 4.79 Å². The molecule has 38 heavy (non-hydrogen) atoms. The third-order valence-electron chi connectivity index (χ3n) is 8.33. The average molecular weight is 510 g/mol. The van der Waals surface area contributed by atoms with Gasteiger partial charge in [-0.05, 0) is 73.8 Å². The lowest BCUT2D eigenvalue weighted by atomic mass is 9.88. The number of allylic oxidation sites excluding steroid dienone is 1. The van der Waals surface area contributed by atoms with Gasteiger partial charge < -0.3 is 25.8 Å². The highest BCUT2D eigenvalue weighted by Crippen LogP contribution is 2.49. The molecule has 0 saturated carbocycles. The van der Waals surface area contributed by atoms with Gasteiger partial charge in [-0.2, -0.15) is 0 Å². The highest BCUT2D eigenvalue weighted by Gasteiger charge is 2.42. The van der Waals surface area contributed by atoms with Crippen LogP contribution in [0.5, 0.6) is 0 Å². The fourth-order valence-electron chi connectivity index (χ4n) is 6.23. The predicted octanol–water partition coefficient (Wildman–Crippen LogP) is 4.19. The predicted molar refractivity (Wildman–Crippen MR) is 154 cm³/mol. The second-order valence-corrected chi connectivity index (χ2v) is 10.7. The molecule has 0 amide bonds. The van der Waals surface area contributed by atoms with E-state index in [1.54, 1.807) is 0 Å². The number of hydrogen-bond donors (Lipinski definition) is 2. The number of nitrogens with one attached hydrogen (secondary N) is 1. The molecule has 6 rings (SSSR count). The lowest BCUT2D eigenvalue weighted by molar-refractivity contribution is -0.103. The van der Waals surface area contributed by atoms with Crippen molar-refractivity contribution in [1.82, 2.24) is 14.9 Å². The molecule has 8 nitrogen and oxygen atoms in total. The molecule has 0 radical (unpaired) electrons. The summed E-state index contributed by atoms with van der Waals surface area (Å²) in [5.74, 6) is 0.671. The molecule has 4 heterocycles. The highest BCUT2D eigenvalue weighted by atomic mass is 16.1. The number of benzene rings is 2. The van der Waals surface area contributed by atoms with Crippen molar-refractivity contribution in [2.45, 2.75) is 31.7 Å². The Hall–Kier alpha value is -3.91. The van der Waals surface area contributed by atoms with E-state index < -0.39 is 0 Å². The van der Waals surface area contributed by atoms with Gasteiger partial charge in [-0.15, -0.1) is 0 Å². The van der Waals surface area contributed by atoms with Gasteiger partial charge in [0.2, 0.25) is 5.95 Å². The maximum atomic E-state index is 11.4. The summed E-state index contributed by atoms with van der Waals surface area (Å²) in [7, 11) is 2.16. The second-order valence-electron chi connectivity index (χ2n) is 10.7. The summed E-state index contributed by atoms with van der Waals surface area (Å²) >= 11 is 0. The van der Waals surface area contributed by atoms with E-state index in [1.807, 2.05) is 24.4 Å². The number of fused-ring (bicyclic) bond motifs is 3. The highest BCUT2D eigenvalue weighted by molar-refractivity contribution is 6.06. The molecule has 2 saturated heterocycles. The molecule has 8 heteroatoms. The minimum atomic E-state index is 0.112. The van der Waals surface area contributed by atoms with Gasteiger partial charge in [0, 0.05) is 67.8 Å². The third kappa shape index (κ3) is 4.28. The van der Waals surface area contributed by atoms with Gasteiger partial charge in [0.1, 0.15) is 6.29 Å². The van der Waals surface area contributed by atoms with Crippen molar-refractivity contribution >= 4 is 40.6 Å². The molecule has 196 valence electrons. The summed E-state index contributed by atoms with van der Waals surface area (Å²) < 4.78 is 0. The minimum Gasteiger partial charge on any atom is -0.397 e. The van der Waals surface area contributed by atoms with Crippen LogP contribution in [-0.4, -0.2) is 67.0 Å². The summed E-state index contributed by atoms with van der Waals surface area (Å²) in [5.41, 5.74) is 15.2. The number of anilines is 5. The summed E-state index contributed by atoms with van der Waals surface area (Å²) in [5, 5.41) is 3.43. The number of piperazine rings is 1. The number of rotatable bonds is 6. The van der Waals surface area contributed by atoms with Gasteiger partial charge in [-0.25, -0.2) is 9.97 Å². The first-order chi connectivity index (χ1) is 18.4. The van der Waals surface area contributed by atoms with Crippen LogP contribution < -0.4 is 20.9 Å². The first-order valence-electron chi connectivity index (χ1n) is 13.4. The first-order valence-corrected chi connectivity index (χ1v) is 13.4. The molecule has 3 N–H and O–H groups in total. The lowest BCUT2D eigenvalue weighted by Crippen LogP contribution is -2.44. The fourth-order valence-corrected chi connectivity index (χ4v) is 6.23. The van der Waals surface area contributed by atoms with Crippen molar-refractivity contribution < 1.29 is 4.79 Å². The monoisotopic (exact) mass is 509 g/mol. The van der Waals surface area contributed by atoms with E-state index >= 15 is 0 Å². The van der Waals surface area contributed by atoms with Crippen LogP contribution in [0.2, 0.25) is 0 Å². The number of aldehydes is 1. The summed E-state index contributed by atoms with van der Waals surface area (Å²) in [4.78, 5) is 28.1. The van der Waals surface area contributed by atoms with E-state index in [0.717, 1.165) is 85.7 Å². The molecular weight excluding hydrogens is 474 g/mol. The Morgan fingerprint density at radius 1 is 1.11 bits per heavy atom. The van der Waals surface area contributed by atoms with Gasteiger partial charge in [0.15, 0.2) is 0 Å². The van der Waals surface area contributed by atoms with Crippen LogP contribution in [0, 0.1) is 6.92 Å². The number of carbonyl (C=O) groups is 1. The lowest BCUT2D eigenvalue weighted by Gasteiger charge is -2.35. The standard InChI is InChI=1S/C30H35N7O/c1-19-15-28(36-13-11-35(3)12-14-36)23(31)17-25(19)34-30-32-9-8-24(33-30)29-22-16-21(20(2)18-38)6-7-26(22)37-10-4-5-27(29)37/h6-9,15-18,27,29H,2,4-5,10-14,31H2,1,3H3,(H,32,33,34). The Morgan fingerprint density at radius 2 is 1.92 bits per heavy atom. The maximum absolute atomic E-state index is 11.4. The maximum Gasteiger partial charge on any atom is 0.227 e. The van der Waals surface area contributed by atoms with Crippen molar-refractivity contribution in [1.29, 1.82) is 0 Å². The molecule has 1 aromatic heterocycles. The number of likely N-dealkylation sites (N-methyl/N-ethyl adjacent to an activating group) is 1. The minimum absolute atomic E-state index is 0.112. The van der Waals surface area contributed by atoms with E-state index in [9.17, 15) is 4.79 Å². The van der Waals surface area contributed by atoms with Crippen LogP contribution in [0.1, 0.15) is 41.1 Å². The van der Waals surface area contributed by atoms with Crippen molar-refractivity contribution in [3.63, 3.8) is 0 Å². The Bertz CT molecular complexity index is 1400. The summed E-state index contributed by atoms with van der Waals surface area (Å²) in [6.45, 7) is 11.1. The first kappa shape index (κ1) is 24.4. The van der Waals surface area contributed by atoms with Gasteiger partial charge in [0.05, 0.1) is 17.1 Å². The van der Waals surface area contributed by atoms with Crippen molar-refractivity contribution in [2.75, 3.05) is 60.6 Å². The fraction of sp³-hybridized carbons (Fsp3) is 0.367. The number of aromatic nitrogens is 2. The van der Waals surface area contributed by atoms with E-state index in [2.05, 4.69) is 63.7 Å². The number of aryl methyl sites for hydroxylation is 1. The van der Waals surface area contributed by atoms with E-state index in [4.69, 9.17) is 10.7 Å². The van der Waals surface area contributed by atoms with Crippen LogP contribution in [0.4, 0.5) is 28.7 Å². The van der Waals surface area contributed by atoms with Crippen LogP contribution >= 0.6 is 0 Å². The molecular formula is C30H35N7O. The second kappa shape index (κ2) is 9.76. The molecule has 3 aliphatic heterocycles. The van der Waals surface area contributed by atoms with E-state index in [-0.39, 0.29) is 5.92 Å².